The van der Waals surface area contributed by atoms with Crippen LogP contribution in [0.15, 0.2) is 77.7 Å². The zero-order chi connectivity index (χ0) is 26.7. The fourth-order valence-corrected chi connectivity index (χ4v) is 5.86. The van der Waals surface area contributed by atoms with Gasteiger partial charge in [0.1, 0.15) is 0 Å². The number of hydrogen-bond acceptors (Lipinski definition) is 6. The van der Waals surface area contributed by atoms with Crippen molar-refractivity contribution in [1.82, 2.24) is 3.97 Å². The van der Waals surface area contributed by atoms with Crippen LogP contribution >= 0.6 is 23.2 Å². The monoisotopic (exact) mass is 557 g/mol. The molecule has 4 rings (SSSR count). The van der Waals surface area contributed by atoms with Gasteiger partial charge in [-0.05, 0) is 61.5 Å². The summed E-state index contributed by atoms with van der Waals surface area (Å²) in [7, 11) is -4.31. The number of esters is 1. The number of anilines is 2. The van der Waals surface area contributed by atoms with Gasteiger partial charge >= 0.3 is 5.97 Å². The zero-order valence-corrected chi connectivity index (χ0v) is 21.8. The molecule has 1 heterocycles. The summed E-state index contributed by atoms with van der Waals surface area (Å²) in [5.74, 6) is -1.44. The number of benzene rings is 3. The van der Waals surface area contributed by atoms with Gasteiger partial charge in [0, 0.05) is 33.4 Å². The van der Waals surface area contributed by atoms with Gasteiger partial charge in [0.2, 0.25) is 5.91 Å². The van der Waals surface area contributed by atoms with E-state index in [2.05, 4.69) is 5.32 Å². The number of aromatic nitrogens is 1. The lowest BCUT2D eigenvalue weighted by Gasteiger charge is -2.12. The number of amides is 1. The van der Waals surface area contributed by atoms with E-state index in [0.29, 0.717) is 11.4 Å². The Morgan fingerprint density at radius 3 is 2.38 bits per heavy atom. The Morgan fingerprint density at radius 1 is 1.05 bits per heavy atom. The van der Waals surface area contributed by atoms with Crippen molar-refractivity contribution in [2.75, 3.05) is 17.7 Å². The molecule has 1 amide bonds. The van der Waals surface area contributed by atoms with E-state index in [1.807, 2.05) is 0 Å². The van der Waals surface area contributed by atoms with Crippen molar-refractivity contribution in [3.63, 3.8) is 0 Å². The van der Waals surface area contributed by atoms with Gasteiger partial charge in [-0.3, -0.25) is 4.79 Å². The quantitative estimate of drug-likeness (QED) is 0.173. The minimum absolute atomic E-state index is 0.0129. The molecule has 3 aromatic carbocycles. The lowest BCUT2D eigenvalue weighted by molar-refractivity contribution is -0.111. The van der Waals surface area contributed by atoms with Crippen LogP contribution in [0.4, 0.5) is 11.4 Å². The lowest BCUT2D eigenvalue weighted by atomic mass is 10.1. The maximum atomic E-state index is 13.8. The highest BCUT2D eigenvalue weighted by Gasteiger charge is 2.32. The number of rotatable bonds is 7. The standard InChI is InChI=1S/C26H21Cl2N3O5S/c1-2-36-26(33)25-20(12-13-23(32)30-18-10-8-17(29)9-11-18)24-21(28)14-16(27)15-22(24)31(25)37(34,35)19-6-4-3-5-7-19/h3-15H,2,29H2,1H3,(H,30,32)/b13-12+. The molecule has 8 nitrogen and oxygen atoms in total. The molecule has 190 valence electrons. The second-order valence-corrected chi connectivity index (χ2v) is 10.4. The fourth-order valence-electron chi connectivity index (χ4n) is 3.75. The minimum atomic E-state index is -4.31. The molecular weight excluding hydrogens is 537 g/mol. The molecule has 0 unspecified atom stereocenters. The first-order valence-corrected chi connectivity index (χ1v) is 13.2. The van der Waals surface area contributed by atoms with Gasteiger partial charge in [-0.25, -0.2) is 17.2 Å². The Bertz CT molecular complexity index is 1630. The SMILES string of the molecule is CCOC(=O)c1c(/C=C/C(=O)Nc2ccc(N)cc2)c2c(Cl)cc(Cl)cc2n1S(=O)(=O)c1ccccc1. The van der Waals surface area contributed by atoms with Crippen LogP contribution in [0.1, 0.15) is 23.0 Å². The van der Waals surface area contributed by atoms with Crippen molar-refractivity contribution in [2.24, 2.45) is 0 Å². The van der Waals surface area contributed by atoms with Crippen LogP contribution in [-0.2, 0) is 19.6 Å². The Balaban J connectivity index is 1.95. The lowest BCUT2D eigenvalue weighted by Crippen LogP contribution is -2.20. The van der Waals surface area contributed by atoms with E-state index in [-0.39, 0.29) is 43.7 Å². The van der Waals surface area contributed by atoms with Crippen LogP contribution in [0.3, 0.4) is 0 Å². The predicted octanol–water partition coefficient (Wildman–Crippen LogP) is 5.60. The third kappa shape index (κ3) is 5.34. The van der Waals surface area contributed by atoms with E-state index in [1.165, 1.54) is 30.3 Å². The predicted molar refractivity (Wildman–Crippen MR) is 145 cm³/mol. The van der Waals surface area contributed by atoms with E-state index >= 15 is 0 Å². The van der Waals surface area contributed by atoms with Crippen molar-refractivity contribution in [2.45, 2.75) is 11.8 Å². The second-order valence-electron chi connectivity index (χ2n) is 7.79. The average molecular weight is 558 g/mol. The highest BCUT2D eigenvalue weighted by atomic mass is 35.5. The third-order valence-electron chi connectivity index (χ3n) is 5.31. The molecule has 37 heavy (non-hydrogen) atoms. The van der Waals surface area contributed by atoms with Crippen LogP contribution < -0.4 is 11.1 Å². The van der Waals surface area contributed by atoms with Crippen LogP contribution in [0, 0.1) is 0 Å². The summed E-state index contributed by atoms with van der Waals surface area (Å²) in [5.41, 5.74) is 6.53. The molecular formula is C26H21Cl2N3O5S. The topological polar surface area (TPSA) is 120 Å². The van der Waals surface area contributed by atoms with Gasteiger partial charge < -0.3 is 15.8 Å². The Hall–Kier alpha value is -3.79. The van der Waals surface area contributed by atoms with E-state index in [1.54, 1.807) is 49.4 Å². The Kier molecular flexibility index (Phi) is 7.58. The number of ether oxygens (including phenoxy) is 1. The van der Waals surface area contributed by atoms with E-state index in [9.17, 15) is 18.0 Å². The summed E-state index contributed by atoms with van der Waals surface area (Å²) in [6.45, 7) is 1.58. The molecule has 0 saturated heterocycles. The Labute approximate surface area is 223 Å². The van der Waals surface area contributed by atoms with E-state index < -0.39 is 21.9 Å². The number of nitrogens with two attached hydrogens (primary N) is 1. The normalized spacial score (nSPS) is 11.6. The maximum absolute atomic E-state index is 13.8. The summed E-state index contributed by atoms with van der Waals surface area (Å²) >= 11 is 12.7. The average Bonchev–Trinajstić information content (AvgIpc) is 3.20. The van der Waals surface area contributed by atoms with Crippen molar-refractivity contribution < 1.29 is 22.7 Å². The van der Waals surface area contributed by atoms with Crippen molar-refractivity contribution in [1.29, 1.82) is 0 Å². The van der Waals surface area contributed by atoms with Gasteiger partial charge in [-0.1, -0.05) is 41.4 Å². The van der Waals surface area contributed by atoms with E-state index in [0.717, 1.165) is 10.0 Å². The summed E-state index contributed by atoms with van der Waals surface area (Å²) < 4.78 is 33.6. The molecule has 0 fully saturated rings. The highest BCUT2D eigenvalue weighted by molar-refractivity contribution is 7.90. The van der Waals surface area contributed by atoms with Gasteiger partial charge in [0.15, 0.2) is 5.69 Å². The molecule has 1 aromatic heterocycles. The first kappa shape index (κ1) is 26.3. The number of carbonyl (C=O) groups excluding carboxylic acids is 2. The highest BCUT2D eigenvalue weighted by Crippen LogP contribution is 2.38. The summed E-state index contributed by atoms with van der Waals surface area (Å²) in [5, 5.41) is 3.13. The number of nitrogens with one attached hydrogen (secondary N) is 1. The van der Waals surface area contributed by atoms with Crippen LogP contribution in [0.2, 0.25) is 10.0 Å². The largest absolute Gasteiger partial charge is 0.461 e. The maximum Gasteiger partial charge on any atom is 0.356 e. The smallest absolute Gasteiger partial charge is 0.356 e. The van der Waals surface area contributed by atoms with Crippen LogP contribution in [0.25, 0.3) is 17.0 Å². The molecule has 0 spiro atoms. The molecule has 0 aliphatic carbocycles. The van der Waals surface area contributed by atoms with Gasteiger partial charge in [-0.15, -0.1) is 0 Å². The molecule has 0 atom stereocenters. The first-order valence-electron chi connectivity index (χ1n) is 11.0. The molecule has 0 aliphatic heterocycles. The Morgan fingerprint density at radius 2 is 1.73 bits per heavy atom. The summed E-state index contributed by atoms with van der Waals surface area (Å²) in [4.78, 5) is 25.8. The number of carbonyl (C=O) groups is 2. The zero-order valence-electron chi connectivity index (χ0n) is 19.4. The molecule has 0 radical (unpaired) electrons. The summed E-state index contributed by atoms with van der Waals surface area (Å²) in [6, 6.07) is 16.9. The van der Waals surface area contributed by atoms with Crippen LogP contribution in [-0.4, -0.2) is 30.9 Å². The molecule has 0 bridgehead atoms. The number of nitrogens with zero attached hydrogens (tertiary/aromatic N) is 1. The number of halogens is 2. The third-order valence-corrected chi connectivity index (χ3v) is 7.55. The van der Waals surface area contributed by atoms with Crippen LogP contribution in [0.5, 0.6) is 0 Å². The fraction of sp³-hybridized carbons (Fsp3) is 0.0769. The molecule has 11 heteroatoms. The van der Waals surface area contributed by atoms with Crippen molar-refractivity contribution >= 4 is 73.5 Å². The van der Waals surface area contributed by atoms with Gasteiger partial charge in [-0.2, -0.15) is 0 Å². The number of fused-ring (bicyclic) bond motifs is 1. The van der Waals surface area contributed by atoms with Gasteiger partial charge in [0.05, 0.1) is 22.0 Å². The van der Waals surface area contributed by atoms with Crippen molar-refractivity contribution in [3.8, 4) is 0 Å². The molecule has 4 aromatic rings. The first-order chi connectivity index (χ1) is 17.6. The van der Waals surface area contributed by atoms with Crippen molar-refractivity contribution in [3.05, 3.63) is 94.1 Å². The number of hydrogen-bond donors (Lipinski definition) is 2. The molecule has 0 saturated carbocycles. The van der Waals surface area contributed by atoms with Gasteiger partial charge in [0.25, 0.3) is 10.0 Å². The minimum Gasteiger partial charge on any atom is -0.461 e. The summed E-state index contributed by atoms with van der Waals surface area (Å²) in [6.07, 6.45) is 2.48. The molecule has 3 N–H and O–H groups in total. The van der Waals surface area contributed by atoms with E-state index in [4.69, 9.17) is 33.7 Å². The second kappa shape index (κ2) is 10.7. The molecule has 0 aliphatic rings. The number of nitrogen functional groups attached to an aromatic ring is 1.